The Morgan fingerprint density at radius 3 is 2.31 bits per heavy atom. The highest BCUT2D eigenvalue weighted by Gasteiger charge is 2.23. The van der Waals surface area contributed by atoms with Crippen LogP contribution in [0.15, 0.2) is 54.6 Å². The predicted octanol–water partition coefficient (Wildman–Crippen LogP) is 3.13. The van der Waals surface area contributed by atoms with Crippen molar-refractivity contribution in [3.8, 4) is 5.69 Å². The Bertz CT molecular complexity index is 1120. The number of carbonyl (C=O) groups is 2. The number of nitrogens with zero attached hydrogens (tertiary/aromatic N) is 4. The van der Waals surface area contributed by atoms with E-state index >= 15 is 0 Å². The number of rotatable bonds is 5. The lowest BCUT2D eigenvalue weighted by Gasteiger charge is -2.36. The second kappa shape index (κ2) is 9.21. The van der Waals surface area contributed by atoms with Crippen molar-refractivity contribution in [2.24, 2.45) is 0 Å². The molecule has 2 aromatic carbocycles. The number of aryl methyl sites for hydroxylation is 2. The fraction of sp³-hybridized carbons (Fsp3) is 0.292. The van der Waals surface area contributed by atoms with E-state index in [2.05, 4.69) is 5.10 Å². The standard InChI is InChI=1S/C24H25FN4O3/c1-17-15-18(2)29(26-17)20-9-7-19(8-10-20)24(31)32-16-23(30)28-13-11-27(12-14-28)22-6-4-3-5-21(22)25/h3-10,15H,11-14,16H2,1-2H3. The lowest BCUT2D eigenvalue weighted by Crippen LogP contribution is -2.50. The van der Waals surface area contributed by atoms with Crippen molar-refractivity contribution in [1.29, 1.82) is 0 Å². The van der Waals surface area contributed by atoms with E-state index in [-0.39, 0.29) is 18.3 Å². The van der Waals surface area contributed by atoms with Gasteiger partial charge in [-0.3, -0.25) is 4.79 Å². The molecule has 166 valence electrons. The average Bonchev–Trinajstić information content (AvgIpc) is 3.15. The van der Waals surface area contributed by atoms with Crippen LogP contribution in [-0.4, -0.2) is 59.3 Å². The van der Waals surface area contributed by atoms with E-state index in [1.807, 2.05) is 24.8 Å². The van der Waals surface area contributed by atoms with Crippen LogP contribution in [0.2, 0.25) is 0 Å². The summed E-state index contributed by atoms with van der Waals surface area (Å²) >= 11 is 0. The largest absolute Gasteiger partial charge is 0.452 e. The zero-order valence-electron chi connectivity index (χ0n) is 18.1. The molecular formula is C24H25FN4O3. The Hall–Kier alpha value is -3.68. The fourth-order valence-corrected chi connectivity index (χ4v) is 3.84. The van der Waals surface area contributed by atoms with Gasteiger partial charge in [-0.05, 0) is 56.3 Å². The number of halogens is 1. The van der Waals surface area contributed by atoms with Crippen molar-refractivity contribution in [3.05, 3.63) is 77.4 Å². The zero-order valence-corrected chi connectivity index (χ0v) is 18.1. The molecule has 0 spiro atoms. The topological polar surface area (TPSA) is 67.7 Å². The summed E-state index contributed by atoms with van der Waals surface area (Å²) in [5.41, 5.74) is 3.66. The molecule has 4 rings (SSSR count). The SMILES string of the molecule is Cc1cc(C)n(-c2ccc(C(=O)OCC(=O)N3CCN(c4ccccc4F)CC3)cc2)n1. The second-order valence-electron chi connectivity index (χ2n) is 7.78. The molecule has 0 saturated carbocycles. The second-order valence-corrected chi connectivity index (χ2v) is 7.78. The van der Waals surface area contributed by atoms with Crippen LogP contribution in [0, 0.1) is 19.7 Å². The summed E-state index contributed by atoms with van der Waals surface area (Å²) in [7, 11) is 0. The molecule has 1 saturated heterocycles. The molecule has 0 radical (unpaired) electrons. The van der Waals surface area contributed by atoms with Gasteiger partial charge < -0.3 is 14.5 Å². The minimum atomic E-state index is -0.553. The van der Waals surface area contributed by atoms with Crippen LogP contribution in [0.25, 0.3) is 5.69 Å². The molecule has 0 unspecified atom stereocenters. The average molecular weight is 436 g/mol. The number of carbonyl (C=O) groups excluding carboxylic acids is 2. The number of amides is 1. The van der Waals surface area contributed by atoms with Gasteiger partial charge in [0.1, 0.15) is 5.82 Å². The first-order valence-electron chi connectivity index (χ1n) is 10.5. The highest BCUT2D eigenvalue weighted by Crippen LogP contribution is 2.20. The van der Waals surface area contributed by atoms with Crippen LogP contribution in [0.5, 0.6) is 0 Å². The van der Waals surface area contributed by atoms with Crippen LogP contribution in [0.1, 0.15) is 21.7 Å². The fourth-order valence-electron chi connectivity index (χ4n) is 3.84. The molecule has 1 aliphatic heterocycles. The van der Waals surface area contributed by atoms with Crippen molar-refractivity contribution in [2.45, 2.75) is 13.8 Å². The Morgan fingerprint density at radius 1 is 1.00 bits per heavy atom. The monoisotopic (exact) mass is 436 g/mol. The Morgan fingerprint density at radius 2 is 1.69 bits per heavy atom. The number of piperazine rings is 1. The van der Waals surface area contributed by atoms with E-state index in [1.165, 1.54) is 6.07 Å². The third-order valence-corrected chi connectivity index (χ3v) is 5.51. The number of para-hydroxylation sites is 1. The number of anilines is 1. The lowest BCUT2D eigenvalue weighted by atomic mass is 10.2. The van der Waals surface area contributed by atoms with Gasteiger partial charge in [-0.15, -0.1) is 0 Å². The van der Waals surface area contributed by atoms with Crippen molar-refractivity contribution in [3.63, 3.8) is 0 Å². The maximum absolute atomic E-state index is 14.0. The lowest BCUT2D eigenvalue weighted by molar-refractivity contribution is -0.134. The van der Waals surface area contributed by atoms with E-state index in [1.54, 1.807) is 52.0 Å². The van der Waals surface area contributed by atoms with Crippen molar-refractivity contribution in [2.75, 3.05) is 37.7 Å². The van der Waals surface area contributed by atoms with Crippen LogP contribution >= 0.6 is 0 Å². The molecule has 2 heterocycles. The first-order chi connectivity index (χ1) is 15.4. The zero-order chi connectivity index (χ0) is 22.7. The number of hydrogen-bond acceptors (Lipinski definition) is 5. The van der Waals surface area contributed by atoms with Crippen LogP contribution in [0.3, 0.4) is 0 Å². The molecular weight excluding hydrogens is 411 g/mol. The van der Waals surface area contributed by atoms with Crippen molar-refractivity contribution >= 4 is 17.6 Å². The third-order valence-electron chi connectivity index (χ3n) is 5.51. The first-order valence-corrected chi connectivity index (χ1v) is 10.5. The molecule has 7 nitrogen and oxygen atoms in total. The third kappa shape index (κ3) is 4.64. The normalized spacial score (nSPS) is 13.8. The molecule has 3 aromatic rings. The Labute approximate surface area is 186 Å². The Kier molecular flexibility index (Phi) is 6.20. The smallest absolute Gasteiger partial charge is 0.338 e. The van der Waals surface area contributed by atoms with Gasteiger partial charge in [0.2, 0.25) is 0 Å². The van der Waals surface area contributed by atoms with E-state index in [4.69, 9.17) is 4.74 Å². The van der Waals surface area contributed by atoms with E-state index in [0.29, 0.717) is 37.4 Å². The maximum Gasteiger partial charge on any atom is 0.338 e. The molecule has 8 heteroatoms. The summed E-state index contributed by atoms with van der Waals surface area (Å²) in [5, 5.41) is 4.42. The van der Waals surface area contributed by atoms with Gasteiger partial charge in [-0.1, -0.05) is 12.1 Å². The van der Waals surface area contributed by atoms with Gasteiger partial charge >= 0.3 is 5.97 Å². The van der Waals surface area contributed by atoms with Gasteiger partial charge in [0, 0.05) is 31.9 Å². The number of esters is 1. The highest BCUT2D eigenvalue weighted by atomic mass is 19.1. The molecule has 0 bridgehead atoms. The van der Waals surface area contributed by atoms with E-state index < -0.39 is 5.97 Å². The van der Waals surface area contributed by atoms with Crippen LogP contribution < -0.4 is 4.90 Å². The summed E-state index contributed by atoms with van der Waals surface area (Å²) in [6, 6.07) is 15.5. The number of ether oxygens (including phenoxy) is 1. The van der Waals surface area contributed by atoms with Crippen LogP contribution in [-0.2, 0) is 9.53 Å². The molecule has 1 fully saturated rings. The predicted molar refractivity (Wildman–Crippen MR) is 119 cm³/mol. The molecule has 32 heavy (non-hydrogen) atoms. The highest BCUT2D eigenvalue weighted by molar-refractivity contribution is 5.91. The number of aromatic nitrogens is 2. The Balaban J connectivity index is 1.28. The summed E-state index contributed by atoms with van der Waals surface area (Å²) in [4.78, 5) is 28.4. The van der Waals surface area contributed by atoms with E-state index in [0.717, 1.165) is 17.1 Å². The maximum atomic E-state index is 14.0. The summed E-state index contributed by atoms with van der Waals surface area (Å²) in [6.45, 7) is 5.50. The molecule has 0 N–H and O–H groups in total. The molecule has 1 aromatic heterocycles. The number of hydrogen-bond donors (Lipinski definition) is 0. The minimum absolute atomic E-state index is 0.259. The number of benzene rings is 2. The molecule has 0 atom stereocenters. The molecule has 1 aliphatic rings. The minimum Gasteiger partial charge on any atom is -0.452 e. The van der Waals surface area contributed by atoms with Crippen LogP contribution in [0.4, 0.5) is 10.1 Å². The summed E-state index contributed by atoms with van der Waals surface area (Å²) < 4.78 is 21.0. The van der Waals surface area contributed by atoms with Gasteiger partial charge in [0.25, 0.3) is 5.91 Å². The quantitative estimate of drug-likeness (QED) is 0.575. The van der Waals surface area contributed by atoms with Gasteiger partial charge in [0.05, 0.1) is 22.6 Å². The summed E-state index contributed by atoms with van der Waals surface area (Å²) in [5.74, 6) is -1.08. The van der Waals surface area contributed by atoms with Gasteiger partial charge in [-0.25, -0.2) is 13.9 Å². The molecule has 1 amide bonds. The van der Waals surface area contributed by atoms with Crippen molar-refractivity contribution in [1.82, 2.24) is 14.7 Å². The first kappa shape index (κ1) is 21.5. The molecule has 0 aliphatic carbocycles. The van der Waals surface area contributed by atoms with Gasteiger partial charge in [-0.2, -0.15) is 5.10 Å². The summed E-state index contributed by atoms with van der Waals surface area (Å²) in [6.07, 6.45) is 0. The van der Waals surface area contributed by atoms with E-state index in [9.17, 15) is 14.0 Å². The van der Waals surface area contributed by atoms with Crippen molar-refractivity contribution < 1.29 is 18.7 Å². The van der Waals surface area contributed by atoms with Gasteiger partial charge in [0.15, 0.2) is 6.61 Å².